The molecule has 7 heteroatoms. The molecule has 0 saturated carbocycles. The predicted octanol–water partition coefficient (Wildman–Crippen LogP) is 1.89. The summed E-state index contributed by atoms with van der Waals surface area (Å²) in [6.07, 6.45) is 1.06. The van der Waals surface area contributed by atoms with Gasteiger partial charge in [-0.1, -0.05) is 23.7 Å². The minimum absolute atomic E-state index is 0. The molecule has 1 aromatic rings. The van der Waals surface area contributed by atoms with Crippen molar-refractivity contribution in [1.29, 1.82) is 0 Å². The Morgan fingerprint density at radius 2 is 2.05 bits per heavy atom. The van der Waals surface area contributed by atoms with Crippen molar-refractivity contribution in [1.82, 2.24) is 10.2 Å². The molecule has 1 fully saturated rings. The molecule has 1 heterocycles. The van der Waals surface area contributed by atoms with Gasteiger partial charge in [-0.15, -0.1) is 12.4 Å². The van der Waals surface area contributed by atoms with E-state index in [1.807, 2.05) is 12.1 Å². The molecule has 1 saturated heterocycles. The summed E-state index contributed by atoms with van der Waals surface area (Å²) in [4.78, 5) is 25.4. The normalized spacial score (nSPS) is 18.5. The van der Waals surface area contributed by atoms with E-state index >= 15 is 0 Å². The van der Waals surface area contributed by atoms with Crippen LogP contribution in [0.5, 0.6) is 0 Å². The van der Waals surface area contributed by atoms with Crippen LogP contribution in [-0.4, -0.2) is 35.8 Å². The highest BCUT2D eigenvalue weighted by molar-refractivity contribution is 6.30. The second-order valence-electron chi connectivity index (χ2n) is 5.40. The van der Waals surface area contributed by atoms with Crippen molar-refractivity contribution in [3.63, 3.8) is 0 Å². The number of hydrogen-bond donors (Lipinski definition) is 2. The zero-order valence-electron chi connectivity index (χ0n) is 12.4. The quantitative estimate of drug-likeness (QED) is 0.874. The third-order valence-corrected chi connectivity index (χ3v) is 3.86. The number of likely N-dealkylation sites (tertiary alicyclic amines) is 1. The van der Waals surface area contributed by atoms with Gasteiger partial charge in [0.15, 0.2) is 0 Å². The minimum Gasteiger partial charge on any atom is -0.349 e. The van der Waals surface area contributed by atoms with Gasteiger partial charge in [0.05, 0.1) is 12.5 Å². The highest BCUT2D eigenvalue weighted by Gasteiger charge is 2.26. The molecule has 1 aliphatic heterocycles. The van der Waals surface area contributed by atoms with Gasteiger partial charge >= 0.3 is 0 Å². The lowest BCUT2D eigenvalue weighted by molar-refractivity contribution is -0.131. The lowest BCUT2D eigenvalue weighted by Gasteiger charge is -2.22. The summed E-state index contributed by atoms with van der Waals surface area (Å²) >= 11 is 5.87. The second kappa shape index (κ2) is 8.36. The Morgan fingerprint density at radius 3 is 2.55 bits per heavy atom. The van der Waals surface area contributed by atoms with Gasteiger partial charge < -0.3 is 16.0 Å². The van der Waals surface area contributed by atoms with Crippen LogP contribution >= 0.6 is 24.0 Å². The van der Waals surface area contributed by atoms with Gasteiger partial charge in [-0.25, -0.2) is 0 Å². The number of halogens is 2. The first-order chi connectivity index (χ1) is 9.95. The second-order valence-corrected chi connectivity index (χ2v) is 5.83. The lowest BCUT2D eigenvalue weighted by Crippen LogP contribution is -2.36. The molecule has 5 nitrogen and oxygen atoms in total. The van der Waals surface area contributed by atoms with Gasteiger partial charge in [0, 0.05) is 31.1 Å². The van der Waals surface area contributed by atoms with E-state index in [0.717, 1.165) is 12.0 Å². The third-order valence-electron chi connectivity index (χ3n) is 3.61. The van der Waals surface area contributed by atoms with Crippen molar-refractivity contribution in [2.24, 2.45) is 5.73 Å². The van der Waals surface area contributed by atoms with Crippen LogP contribution < -0.4 is 11.1 Å². The molecule has 0 bridgehead atoms. The largest absolute Gasteiger partial charge is 0.349 e. The fourth-order valence-electron chi connectivity index (χ4n) is 2.51. The average molecular weight is 346 g/mol. The average Bonchev–Trinajstić information content (AvgIpc) is 2.85. The standard InChI is InChI=1S/C15H20ClN3O2.ClH/c1-10(20)18-14(11-2-4-12(16)5-3-11)8-15(21)19-7-6-13(17)9-19;/h2-5,13-14H,6-9,17H2,1H3,(H,18,20);1H/t13-,14?;/m1./s1. The fourth-order valence-corrected chi connectivity index (χ4v) is 2.64. The number of amides is 2. The molecule has 0 radical (unpaired) electrons. The minimum atomic E-state index is -0.343. The number of rotatable bonds is 4. The molecule has 2 amide bonds. The Hall–Kier alpha value is -1.30. The molecular formula is C15H21Cl2N3O2. The molecule has 0 aliphatic carbocycles. The SMILES string of the molecule is CC(=O)NC(CC(=O)N1CC[C@@H](N)C1)c1ccc(Cl)cc1.Cl. The first-order valence-corrected chi connectivity index (χ1v) is 7.39. The summed E-state index contributed by atoms with van der Waals surface area (Å²) < 4.78 is 0. The number of benzene rings is 1. The van der Waals surface area contributed by atoms with Crippen LogP contribution in [0, 0.1) is 0 Å². The van der Waals surface area contributed by atoms with E-state index in [1.54, 1.807) is 17.0 Å². The van der Waals surface area contributed by atoms with Crippen molar-refractivity contribution in [2.75, 3.05) is 13.1 Å². The molecular weight excluding hydrogens is 325 g/mol. The van der Waals surface area contributed by atoms with Crippen LogP contribution in [0.4, 0.5) is 0 Å². The summed E-state index contributed by atoms with van der Waals surface area (Å²) in [6, 6.07) is 6.87. The first-order valence-electron chi connectivity index (χ1n) is 7.01. The van der Waals surface area contributed by atoms with Crippen molar-refractivity contribution in [2.45, 2.75) is 31.8 Å². The molecule has 2 atom stereocenters. The van der Waals surface area contributed by atoms with E-state index in [2.05, 4.69) is 5.32 Å². The lowest BCUT2D eigenvalue weighted by atomic mass is 10.0. The Morgan fingerprint density at radius 1 is 1.41 bits per heavy atom. The summed E-state index contributed by atoms with van der Waals surface area (Å²) in [5.74, 6) is -0.155. The Kier molecular flexibility index (Phi) is 7.13. The molecule has 122 valence electrons. The molecule has 1 unspecified atom stereocenters. The van der Waals surface area contributed by atoms with Crippen molar-refractivity contribution < 1.29 is 9.59 Å². The third kappa shape index (κ3) is 5.16. The van der Waals surface area contributed by atoms with E-state index < -0.39 is 0 Å². The maximum absolute atomic E-state index is 12.3. The summed E-state index contributed by atoms with van der Waals surface area (Å²) in [5, 5.41) is 3.44. The van der Waals surface area contributed by atoms with Gasteiger partial charge in [0.2, 0.25) is 11.8 Å². The first kappa shape index (κ1) is 18.7. The number of hydrogen-bond acceptors (Lipinski definition) is 3. The smallest absolute Gasteiger partial charge is 0.225 e. The molecule has 0 spiro atoms. The number of carbonyl (C=O) groups excluding carboxylic acids is 2. The van der Waals surface area contributed by atoms with Gasteiger partial charge in [0.25, 0.3) is 0 Å². The summed E-state index contributed by atoms with van der Waals surface area (Å²) in [6.45, 7) is 2.72. The van der Waals surface area contributed by atoms with E-state index in [4.69, 9.17) is 17.3 Å². The van der Waals surface area contributed by atoms with E-state index in [1.165, 1.54) is 6.92 Å². The zero-order valence-corrected chi connectivity index (χ0v) is 14.0. The zero-order chi connectivity index (χ0) is 15.4. The number of nitrogens with zero attached hydrogens (tertiary/aromatic N) is 1. The maximum Gasteiger partial charge on any atom is 0.225 e. The van der Waals surface area contributed by atoms with Crippen LogP contribution in [0.1, 0.15) is 31.4 Å². The molecule has 2 rings (SSSR count). The maximum atomic E-state index is 12.3. The van der Waals surface area contributed by atoms with E-state index in [-0.39, 0.29) is 42.7 Å². The highest BCUT2D eigenvalue weighted by Crippen LogP contribution is 2.21. The van der Waals surface area contributed by atoms with Crippen molar-refractivity contribution in [3.05, 3.63) is 34.9 Å². The van der Waals surface area contributed by atoms with Crippen LogP contribution in [-0.2, 0) is 9.59 Å². The van der Waals surface area contributed by atoms with E-state index in [0.29, 0.717) is 18.1 Å². The topological polar surface area (TPSA) is 75.4 Å². The monoisotopic (exact) mass is 345 g/mol. The van der Waals surface area contributed by atoms with Crippen molar-refractivity contribution in [3.8, 4) is 0 Å². The molecule has 1 aliphatic rings. The number of carbonyl (C=O) groups is 2. The van der Waals surface area contributed by atoms with Crippen LogP contribution in [0.25, 0.3) is 0 Å². The molecule has 22 heavy (non-hydrogen) atoms. The van der Waals surface area contributed by atoms with E-state index in [9.17, 15) is 9.59 Å². The van der Waals surface area contributed by atoms with Crippen LogP contribution in [0.3, 0.4) is 0 Å². The number of nitrogens with two attached hydrogens (primary N) is 1. The summed E-state index contributed by atoms with van der Waals surface area (Å²) in [5.41, 5.74) is 6.69. The van der Waals surface area contributed by atoms with Crippen molar-refractivity contribution >= 4 is 35.8 Å². The molecule has 0 aromatic heterocycles. The van der Waals surface area contributed by atoms with Gasteiger partial charge in [-0.05, 0) is 24.1 Å². The fraction of sp³-hybridized carbons (Fsp3) is 0.467. The Balaban J connectivity index is 0.00000242. The highest BCUT2D eigenvalue weighted by atomic mass is 35.5. The predicted molar refractivity (Wildman–Crippen MR) is 89.0 cm³/mol. The Bertz CT molecular complexity index is 522. The summed E-state index contributed by atoms with van der Waals surface area (Å²) in [7, 11) is 0. The van der Waals surface area contributed by atoms with Gasteiger partial charge in [-0.3, -0.25) is 9.59 Å². The molecule has 1 aromatic carbocycles. The van der Waals surface area contributed by atoms with Crippen LogP contribution in [0.2, 0.25) is 5.02 Å². The van der Waals surface area contributed by atoms with Crippen LogP contribution in [0.15, 0.2) is 24.3 Å². The van der Waals surface area contributed by atoms with Gasteiger partial charge in [-0.2, -0.15) is 0 Å². The number of nitrogens with one attached hydrogen (secondary N) is 1. The molecule has 3 N–H and O–H groups in total. The van der Waals surface area contributed by atoms with Gasteiger partial charge in [0.1, 0.15) is 0 Å². The Labute approximate surface area is 141 Å².